The van der Waals surface area contributed by atoms with E-state index >= 15 is 0 Å². The van der Waals surface area contributed by atoms with Crippen LogP contribution < -0.4 is 0 Å². The largest absolute Gasteiger partial charge is 0.339 e. The Bertz CT molecular complexity index is 858. The van der Waals surface area contributed by atoms with E-state index < -0.39 is 0 Å². The number of hydrogen-bond donors (Lipinski definition) is 0. The first-order chi connectivity index (χ1) is 11.3. The molecule has 4 heterocycles. The van der Waals surface area contributed by atoms with E-state index in [0.717, 1.165) is 59.8 Å². The summed E-state index contributed by atoms with van der Waals surface area (Å²) in [7, 11) is 0. The Kier molecular flexibility index (Phi) is 3.65. The van der Waals surface area contributed by atoms with Crippen LogP contribution in [0.4, 0.5) is 0 Å². The Labute approximate surface area is 139 Å². The van der Waals surface area contributed by atoms with E-state index in [9.17, 15) is 4.79 Å². The van der Waals surface area contributed by atoms with Crippen molar-refractivity contribution in [2.45, 2.75) is 26.2 Å². The molecule has 3 aromatic heterocycles. The highest BCUT2D eigenvalue weighted by molar-refractivity contribution is 7.09. The number of thiazole rings is 1. The van der Waals surface area contributed by atoms with Gasteiger partial charge < -0.3 is 9.30 Å². The summed E-state index contributed by atoms with van der Waals surface area (Å²) in [6.07, 6.45) is 5.16. The average Bonchev–Trinajstić information content (AvgIpc) is 3.32. The van der Waals surface area contributed by atoms with Gasteiger partial charge >= 0.3 is 0 Å². The van der Waals surface area contributed by atoms with Gasteiger partial charge in [0.1, 0.15) is 0 Å². The number of carbonyl (C=O) groups excluding carboxylic acids is 1. The van der Waals surface area contributed by atoms with Crippen LogP contribution in [0.1, 0.15) is 35.1 Å². The molecule has 0 aliphatic carbocycles. The Hall–Kier alpha value is -2.14. The quantitative estimate of drug-likeness (QED) is 0.733. The number of aryl methyl sites for hydroxylation is 1. The number of carbonyl (C=O) groups is 1. The number of hydrogen-bond acceptors (Lipinski definition) is 3. The van der Waals surface area contributed by atoms with Crippen molar-refractivity contribution in [1.29, 1.82) is 0 Å². The zero-order chi connectivity index (χ0) is 15.8. The molecule has 0 unspecified atom stereocenters. The van der Waals surface area contributed by atoms with Crippen LogP contribution in [0, 0.1) is 0 Å². The standard InChI is InChI=1S/C18H19N3OS/c1-2-17-19-14(12-23-17)16-11-13(15-7-3-4-10-21(15)16)18(22)20-8-5-6-9-20/h3-4,7,10-12H,2,5-6,8-9H2,1H3. The number of amides is 1. The minimum absolute atomic E-state index is 0.142. The van der Waals surface area contributed by atoms with Crippen LogP contribution in [-0.4, -0.2) is 33.3 Å². The van der Waals surface area contributed by atoms with E-state index in [1.165, 1.54) is 0 Å². The van der Waals surface area contributed by atoms with Crippen LogP contribution in [0.5, 0.6) is 0 Å². The monoisotopic (exact) mass is 325 g/mol. The fourth-order valence-electron chi connectivity index (χ4n) is 3.20. The van der Waals surface area contributed by atoms with Gasteiger partial charge in [0.05, 0.1) is 27.5 Å². The second-order valence-electron chi connectivity index (χ2n) is 5.88. The molecular weight excluding hydrogens is 306 g/mol. The van der Waals surface area contributed by atoms with Gasteiger partial charge in [-0.1, -0.05) is 13.0 Å². The van der Waals surface area contributed by atoms with E-state index in [1.807, 2.05) is 35.4 Å². The summed E-state index contributed by atoms with van der Waals surface area (Å²) in [5.74, 6) is 0.142. The minimum Gasteiger partial charge on any atom is -0.339 e. The van der Waals surface area contributed by atoms with Crippen LogP contribution in [0.2, 0.25) is 0 Å². The highest BCUT2D eigenvalue weighted by atomic mass is 32.1. The summed E-state index contributed by atoms with van der Waals surface area (Å²) in [4.78, 5) is 19.5. The van der Waals surface area contributed by atoms with Gasteiger partial charge in [-0.25, -0.2) is 4.98 Å². The van der Waals surface area contributed by atoms with Crippen molar-refractivity contribution < 1.29 is 4.79 Å². The van der Waals surface area contributed by atoms with Gasteiger partial charge in [0.2, 0.25) is 0 Å². The van der Waals surface area contributed by atoms with Crippen LogP contribution in [-0.2, 0) is 6.42 Å². The predicted octanol–water partition coefficient (Wildman–Crippen LogP) is 3.86. The summed E-state index contributed by atoms with van der Waals surface area (Å²) >= 11 is 1.68. The molecule has 1 saturated heterocycles. The van der Waals surface area contributed by atoms with E-state index in [1.54, 1.807) is 11.3 Å². The first-order valence-electron chi connectivity index (χ1n) is 8.12. The van der Waals surface area contributed by atoms with Crippen LogP contribution in [0.25, 0.3) is 16.9 Å². The van der Waals surface area contributed by atoms with E-state index in [-0.39, 0.29) is 5.91 Å². The second-order valence-corrected chi connectivity index (χ2v) is 6.82. The molecule has 1 aliphatic rings. The Morgan fingerprint density at radius 3 is 2.87 bits per heavy atom. The molecule has 1 amide bonds. The molecule has 3 aromatic rings. The molecule has 1 aliphatic heterocycles. The van der Waals surface area contributed by atoms with Gasteiger partial charge in [0, 0.05) is 24.7 Å². The van der Waals surface area contributed by atoms with Crippen LogP contribution in [0.15, 0.2) is 35.8 Å². The fourth-order valence-corrected chi connectivity index (χ4v) is 3.94. The first-order valence-corrected chi connectivity index (χ1v) is 9.00. The Morgan fingerprint density at radius 1 is 1.30 bits per heavy atom. The van der Waals surface area contributed by atoms with Gasteiger partial charge in [-0.3, -0.25) is 4.79 Å². The molecule has 0 aromatic carbocycles. The van der Waals surface area contributed by atoms with Crippen molar-refractivity contribution in [2.24, 2.45) is 0 Å². The van der Waals surface area contributed by atoms with Crippen molar-refractivity contribution in [2.75, 3.05) is 13.1 Å². The zero-order valence-corrected chi connectivity index (χ0v) is 14.0. The highest BCUT2D eigenvalue weighted by Crippen LogP contribution is 2.29. The van der Waals surface area contributed by atoms with E-state index in [2.05, 4.69) is 16.7 Å². The third kappa shape index (κ3) is 2.45. The van der Waals surface area contributed by atoms with Crippen molar-refractivity contribution in [3.63, 3.8) is 0 Å². The molecule has 0 radical (unpaired) electrons. The number of pyridine rings is 1. The number of rotatable bonds is 3. The minimum atomic E-state index is 0.142. The average molecular weight is 325 g/mol. The normalized spacial score (nSPS) is 14.7. The molecule has 0 saturated carbocycles. The maximum atomic E-state index is 12.9. The van der Waals surface area contributed by atoms with Gasteiger partial charge in [-0.2, -0.15) is 0 Å². The zero-order valence-electron chi connectivity index (χ0n) is 13.2. The first kappa shape index (κ1) is 14.5. The van der Waals surface area contributed by atoms with Crippen molar-refractivity contribution in [3.05, 3.63) is 46.4 Å². The summed E-state index contributed by atoms with van der Waals surface area (Å²) < 4.78 is 2.08. The lowest BCUT2D eigenvalue weighted by Crippen LogP contribution is -2.27. The molecule has 23 heavy (non-hydrogen) atoms. The van der Waals surface area contributed by atoms with Crippen LogP contribution in [0.3, 0.4) is 0 Å². The molecule has 0 bridgehead atoms. The molecule has 4 nitrogen and oxygen atoms in total. The predicted molar refractivity (Wildman–Crippen MR) is 93.0 cm³/mol. The van der Waals surface area contributed by atoms with Crippen molar-refractivity contribution in [3.8, 4) is 11.4 Å². The number of aromatic nitrogens is 2. The maximum Gasteiger partial charge on any atom is 0.256 e. The van der Waals surface area contributed by atoms with E-state index in [0.29, 0.717) is 0 Å². The summed E-state index contributed by atoms with van der Waals surface area (Å²) in [5, 5.41) is 3.20. The topological polar surface area (TPSA) is 37.6 Å². The summed E-state index contributed by atoms with van der Waals surface area (Å²) in [6, 6.07) is 8.00. The summed E-state index contributed by atoms with van der Waals surface area (Å²) in [5.41, 5.74) is 3.70. The number of nitrogens with zero attached hydrogens (tertiary/aromatic N) is 3. The molecule has 0 spiro atoms. The van der Waals surface area contributed by atoms with Gasteiger partial charge in [0.15, 0.2) is 0 Å². The van der Waals surface area contributed by atoms with Crippen LogP contribution >= 0.6 is 11.3 Å². The van der Waals surface area contributed by atoms with Gasteiger partial charge in [0.25, 0.3) is 5.91 Å². The van der Waals surface area contributed by atoms with Gasteiger partial charge in [-0.05, 0) is 37.5 Å². The molecule has 0 atom stereocenters. The Morgan fingerprint density at radius 2 is 2.13 bits per heavy atom. The van der Waals surface area contributed by atoms with Gasteiger partial charge in [-0.15, -0.1) is 11.3 Å². The number of fused-ring (bicyclic) bond motifs is 1. The lowest BCUT2D eigenvalue weighted by atomic mass is 10.2. The maximum absolute atomic E-state index is 12.9. The SMILES string of the molecule is CCc1nc(-c2cc(C(=O)N3CCCC3)c3ccccn23)cs1. The summed E-state index contributed by atoms with van der Waals surface area (Å²) in [6.45, 7) is 3.85. The van der Waals surface area contributed by atoms with E-state index in [4.69, 9.17) is 4.98 Å². The molecule has 5 heteroatoms. The lowest BCUT2D eigenvalue weighted by molar-refractivity contribution is 0.0795. The lowest BCUT2D eigenvalue weighted by Gasteiger charge is -2.14. The molecular formula is C18H19N3OS. The fraction of sp³-hybridized carbons (Fsp3) is 0.333. The molecule has 1 fully saturated rings. The van der Waals surface area contributed by atoms with Crippen molar-refractivity contribution in [1.82, 2.24) is 14.3 Å². The smallest absolute Gasteiger partial charge is 0.256 e. The molecule has 4 rings (SSSR count). The Balaban J connectivity index is 1.84. The second kappa shape index (κ2) is 5.81. The third-order valence-electron chi connectivity index (χ3n) is 4.42. The molecule has 0 N–H and O–H groups in total. The molecule has 118 valence electrons. The third-order valence-corrected chi connectivity index (χ3v) is 5.41. The number of likely N-dealkylation sites (tertiary alicyclic amines) is 1. The van der Waals surface area contributed by atoms with Crippen molar-refractivity contribution >= 4 is 22.8 Å². The highest BCUT2D eigenvalue weighted by Gasteiger charge is 2.24.